The lowest BCUT2D eigenvalue weighted by Crippen LogP contribution is -2.48. The highest BCUT2D eigenvalue weighted by molar-refractivity contribution is 7.89. The molecule has 0 spiro atoms. The van der Waals surface area contributed by atoms with Crippen molar-refractivity contribution in [3.63, 3.8) is 0 Å². The van der Waals surface area contributed by atoms with Gasteiger partial charge in [-0.3, -0.25) is 0 Å². The summed E-state index contributed by atoms with van der Waals surface area (Å²) in [5, 5.41) is 0. The second-order valence-electron chi connectivity index (χ2n) is 3.62. The van der Waals surface area contributed by atoms with Gasteiger partial charge in [0.05, 0.1) is 17.9 Å². The van der Waals surface area contributed by atoms with Gasteiger partial charge >= 0.3 is 0 Å². The van der Waals surface area contributed by atoms with E-state index in [4.69, 9.17) is 5.90 Å². The summed E-state index contributed by atoms with van der Waals surface area (Å²) in [5.74, 6) is 5.00. The SMILES string of the molecule is CCCS(=O)(=O)NC(C)(C)CON. The second-order valence-corrected chi connectivity index (χ2v) is 5.46. The van der Waals surface area contributed by atoms with Crippen LogP contribution in [0.25, 0.3) is 0 Å². The van der Waals surface area contributed by atoms with E-state index in [1.54, 1.807) is 13.8 Å². The average molecular weight is 210 g/mol. The van der Waals surface area contributed by atoms with Gasteiger partial charge in [-0.05, 0) is 20.3 Å². The molecule has 0 aromatic carbocycles. The van der Waals surface area contributed by atoms with Crippen LogP contribution in [0.1, 0.15) is 27.2 Å². The Morgan fingerprint density at radius 3 is 2.38 bits per heavy atom. The third-order valence-corrected chi connectivity index (χ3v) is 3.16. The Morgan fingerprint density at radius 2 is 2.00 bits per heavy atom. The lowest BCUT2D eigenvalue weighted by atomic mass is 10.1. The van der Waals surface area contributed by atoms with Gasteiger partial charge in [-0.1, -0.05) is 6.92 Å². The van der Waals surface area contributed by atoms with Gasteiger partial charge in [-0.15, -0.1) is 0 Å². The number of rotatable bonds is 6. The average Bonchev–Trinajstić information content (AvgIpc) is 1.82. The fraction of sp³-hybridized carbons (Fsp3) is 1.00. The van der Waals surface area contributed by atoms with Crippen molar-refractivity contribution in [2.75, 3.05) is 12.4 Å². The third-order valence-electron chi connectivity index (χ3n) is 1.35. The van der Waals surface area contributed by atoms with Crippen molar-refractivity contribution >= 4 is 10.0 Å². The summed E-state index contributed by atoms with van der Waals surface area (Å²) in [6, 6.07) is 0. The highest BCUT2D eigenvalue weighted by Gasteiger charge is 2.24. The molecular formula is C7H18N2O3S. The van der Waals surface area contributed by atoms with Crippen LogP contribution in [0.15, 0.2) is 0 Å². The fourth-order valence-corrected chi connectivity index (χ4v) is 2.52. The molecule has 0 rings (SSSR count). The molecule has 13 heavy (non-hydrogen) atoms. The van der Waals surface area contributed by atoms with Crippen LogP contribution in [0, 0.1) is 0 Å². The van der Waals surface area contributed by atoms with Gasteiger partial charge in [0, 0.05) is 0 Å². The Hall–Kier alpha value is -0.170. The number of hydrogen-bond acceptors (Lipinski definition) is 4. The molecule has 0 aromatic heterocycles. The molecule has 0 radical (unpaired) electrons. The van der Waals surface area contributed by atoms with Crippen LogP contribution < -0.4 is 10.6 Å². The second kappa shape index (κ2) is 4.90. The Labute approximate surface area is 79.6 Å². The zero-order chi connectivity index (χ0) is 10.5. The van der Waals surface area contributed by atoms with Crippen molar-refractivity contribution in [3.8, 4) is 0 Å². The lowest BCUT2D eigenvalue weighted by molar-refractivity contribution is 0.0929. The Kier molecular flexibility index (Phi) is 4.83. The number of nitrogens with one attached hydrogen (secondary N) is 1. The largest absolute Gasteiger partial charge is 0.303 e. The minimum atomic E-state index is -3.20. The van der Waals surface area contributed by atoms with Gasteiger partial charge in [0.25, 0.3) is 0 Å². The molecule has 0 bridgehead atoms. The standard InChI is InChI=1S/C7H18N2O3S/c1-4-5-13(10,11)9-7(2,3)6-12-8/h9H,4-6,8H2,1-3H3. The summed E-state index contributed by atoms with van der Waals surface area (Å²) in [6.45, 7) is 5.39. The molecule has 0 amide bonds. The van der Waals surface area contributed by atoms with Crippen molar-refractivity contribution in [2.45, 2.75) is 32.7 Å². The van der Waals surface area contributed by atoms with Crippen molar-refractivity contribution in [2.24, 2.45) is 5.90 Å². The van der Waals surface area contributed by atoms with Crippen molar-refractivity contribution in [1.82, 2.24) is 4.72 Å². The Bertz CT molecular complexity index is 236. The fourth-order valence-electron chi connectivity index (χ4n) is 0.979. The highest BCUT2D eigenvalue weighted by atomic mass is 32.2. The zero-order valence-corrected chi connectivity index (χ0v) is 9.15. The molecule has 6 heteroatoms. The molecule has 3 N–H and O–H groups in total. The summed E-state index contributed by atoms with van der Waals surface area (Å²) in [5.41, 5.74) is -0.650. The summed E-state index contributed by atoms with van der Waals surface area (Å²) in [6.07, 6.45) is 0.592. The van der Waals surface area contributed by atoms with Crippen molar-refractivity contribution in [1.29, 1.82) is 0 Å². The van der Waals surface area contributed by atoms with Crippen LogP contribution in [0.3, 0.4) is 0 Å². The smallest absolute Gasteiger partial charge is 0.212 e. The van der Waals surface area contributed by atoms with E-state index in [1.807, 2.05) is 6.92 Å². The van der Waals surface area contributed by atoms with E-state index in [-0.39, 0.29) is 12.4 Å². The van der Waals surface area contributed by atoms with E-state index >= 15 is 0 Å². The molecule has 0 unspecified atom stereocenters. The first-order valence-corrected chi connectivity index (χ1v) is 5.81. The molecule has 0 aliphatic carbocycles. The van der Waals surface area contributed by atoms with Crippen molar-refractivity contribution < 1.29 is 13.3 Å². The molecule has 0 aliphatic heterocycles. The van der Waals surface area contributed by atoms with E-state index in [9.17, 15) is 8.42 Å². The first kappa shape index (κ1) is 12.8. The van der Waals surface area contributed by atoms with Gasteiger partial charge in [0.2, 0.25) is 10.0 Å². The predicted octanol–water partition coefficient (Wildman–Crippen LogP) is -0.0153. The molecule has 0 saturated carbocycles. The molecule has 0 atom stereocenters. The Balaban J connectivity index is 4.25. The lowest BCUT2D eigenvalue weighted by Gasteiger charge is -2.24. The van der Waals surface area contributed by atoms with E-state index in [2.05, 4.69) is 9.56 Å². The third kappa shape index (κ3) is 5.98. The van der Waals surface area contributed by atoms with Crippen LogP contribution in [-0.2, 0) is 14.9 Å². The molecule has 0 aliphatic rings. The van der Waals surface area contributed by atoms with E-state index in [0.29, 0.717) is 6.42 Å². The summed E-state index contributed by atoms with van der Waals surface area (Å²) < 4.78 is 25.1. The van der Waals surface area contributed by atoms with E-state index in [1.165, 1.54) is 0 Å². The molecule has 5 nitrogen and oxygen atoms in total. The summed E-state index contributed by atoms with van der Waals surface area (Å²) >= 11 is 0. The van der Waals surface area contributed by atoms with Gasteiger partial charge in [0.1, 0.15) is 0 Å². The van der Waals surface area contributed by atoms with Crippen LogP contribution in [-0.4, -0.2) is 26.3 Å². The van der Waals surface area contributed by atoms with E-state index < -0.39 is 15.6 Å². The predicted molar refractivity (Wildman–Crippen MR) is 51.4 cm³/mol. The van der Waals surface area contributed by atoms with Gasteiger partial charge in [-0.2, -0.15) is 0 Å². The minimum Gasteiger partial charge on any atom is -0.303 e. The summed E-state index contributed by atoms with van der Waals surface area (Å²) in [7, 11) is -3.20. The molecule has 0 fully saturated rings. The number of nitrogens with two attached hydrogens (primary N) is 1. The molecule has 0 heterocycles. The first-order chi connectivity index (χ1) is 5.83. The number of sulfonamides is 1. The monoisotopic (exact) mass is 210 g/mol. The molecule has 80 valence electrons. The van der Waals surface area contributed by atoms with Gasteiger partial charge in [-0.25, -0.2) is 19.0 Å². The van der Waals surface area contributed by atoms with Gasteiger partial charge < -0.3 is 4.84 Å². The maximum absolute atomic E-state index is 11.3. The molecule has 0 aromatic rings. The van der Waals surface area contributed by atoms with Crippen LogP contribution in [0.2, 0.25) is 0 Å². The first-order valence-electron chi connectivity index (χ1n) is 4.16. The van der Waals surface area contributed by atoms with Crippen LogP contribution in [0.4, 0.5) is 0 Å². The topological polar surface area (TPSA) is 81.4 Å². The maximum atomic E-state index is 11.3. The Morgan fingerprint density at radius 1 is 1.46 bits per heavy atom. The minimum absolute atomic E-state index is 0.126. The normalized spacial score (nSPS) is 13.2. The van der Waals surface area contributed by atoms with Crippen LogP contribution >= 0.6 is 0 Å². The van der Waals surface area contributed by atoms with E-state index in [0.717, 1.165) is 0 Å². The highest BCUT2D eigenvalue weighted by Crippen LogP contribution is 2.04. The molecule has 0 saturated heterocycles. The van der Waals surface area contributed by atoms with Gasteiger partial charge in [0.15, 0.2) is 0 Å². The quantitative estimate of drug-likeness (QED) is 0.604. The van der Waals surface area contributed by atoms with Crippen LogP contribution in [0.5, 0.6) is 0 Å². The zero-order valence-electron chi connectivity index (χ0n) is 8.33. The molecular weight excluding hydrogens is 192 g/mol. The number of hydrogen-bond donors (Lipinski definition) is 2. The maximum Gasteiger partial charge on any atom is 0.212 e. The summed E-state index contributed by atoms with van der Waals surface area (Å²) in [4.78, 5) is 4.40. The van der Waals surface area contributed by atoms with Crippen molar-refractivity contribution in [3.05, 3.63) is 0 Å².